The zero-order valence-corrected chi connectivity index (χ0v) is 12.6. The highest BCUT2D eigenvalue weighted by Gasteiger charge is 2.22. The molecule has 0 N–H and O–H groups in total. The SMILES string of the molecule is CC(C)C(Br)C(=O)N(C)Cc1cccc(Cl)c1. The maximum atomic E-state index is 12.0. The lowest BCUT2D eigenvalue weighted by molar-refractivity contribution is -0.130. The Balaban J connectivity index is 2.66. The summed E-state index contributed by atoms with van der Waals surface area (Å²) in [5.41, 5.74) is 1.04. The first kappa shape index (κ1) is 14.5. The molecule has 1 rings (SSSR count). The Bertz CT molecular complexity index is 395. The van der Waals surface area contributed by atoms with Crippen LogP contribution >= 0.6 is 27.5 Å². The summed E-state index contributed by atoms with van der Waals surface area (Å²) in [6.07, 6.45) is 0. The molecule has 0 bridgehead atoms. The van der Waals surface area contributed by atoms with Gasteiger partial charge in [-0.3, -0.25) is 4.79 Å². The molecule has 0 fully saturated rings. The predicted octanol–water partition coefficient (Wildman–Crippen LogP) is 3.72. The van der Waals surface area contributed by atoms with Crippen LogP contribution < -0.4 is 0 Å². The maximum absolute atomic E-state index is 12.0. The number of carbonyl (C=O) groups excluding carboxylic acids is 1. The summed E-state index contributed by atoms with van der Waals surface area (Å²) in [4.78, 5) is 13.6. The van der Waals surface area contributed by atoms with Crippen LogP contribution in [0.25, 0.3) is 0 Å². The summed E-state index contributed by atoms with van der Waals surface area (Å²) < 4.78 is 0. The van der Waals surface area contributed by atoms with Crippen molar-refractivity contribution in [2.45, 2.75) is 25.2 Å². The van der Waals surface area contributed by atoms with Crippen LogP contribution in [0.5, 0.6) is 0 Å². The molecule has 94 valence electrons. The zero-order valence-electron chi connectivity index (χ0n) is 10.3. The van der Waals surface area contributed by atoms with Gasteiger partial charge in [0, 0.05) is 18.6 Å². The number of amides is 1. The van der Waals surface area contributed by atoms with Crippen molar-refractivity contribution >= 4 is 33.4 Å². The van der Waals surface area contributed by atoms with Crippen LogP contribution in [0.15, 0.2) is 24.3 Å². The molecular weight excluding hydrogens is 302 g/mol. The molecule has 17 heavy (non-hydrogen) atoms. The molecule has 1 atom stereocenters. The molecule has 0 radical (unpaired) electrons. The summed E-state index contributed by atoms with van der Waals surface area (Å²) in [6.45, 7) is 4.61. The lowest BCUT2D eigenvalue weighted by atomic mass is 10.1. The van der Waals surface area contributed by atoms with Crippen molar-refractivity contribution in [3.05, 3.63) is 34.9 Å². The van der Waals surface area contributed by atoms with E-state index in [4.69, 9.17) is 11.6 Å². The van der Waals surface area contributed by atoms with Crippen molar-refractivity contribution in [1.29, 1.82) is 0 Å². The smallest absolute Gasteiger partial charge is 0.236 e. The number of alkyl halides is 1. The van der Waals surface area contributed by atoms with Gasteiger partial charge in [-0.15, -0.1) is 0 Å². The molecule has 0 saturated heterocycles. The van der Waals surface area contributed by atoms with Gasteiger partial charge in [-0.1, -0.05) is 53.5 Å². The number of nitrogens with zero attached hydrogens (tertiary/aromatic N) is 1. The first-order chi connectivity index (χ1) is 7.91. The average molecular weight is 319 g/mol. The fraction of sp³-hybridized carbons (Fsp3) is 0.462. The predicted molar refractivity (Wildman–Crippen MR) is 75.5 cm³/mol. The van der Waals surface area contributed by atoms with Crippen molar-refractivity contribution in [2.24, 2.45) is 5.92 Å². The minimum atomic E-state index is -0.133. The number of halogens is 2. The van der Waals surface area contributed by atoms with E-state index in [1.54, 1.807) is 11.9 Å². The van der Waals surface area contributed by atoms with Gasteiger partial charge in [-0.25, -0.2) is 0 Å². The Labute approximate surface area is 116 Å². The molecular formula is C13H17BrClNO. The molecule has 1 aromatic rings. The molecule has 0 aliphatic rings. The maximum Gasteiger partial charge on any atom is 0.236 e. The highest BCUT2D eigenvalue weighted by Crippen LogP contribution is 2.17. The lowest BCUT2D eigenvalue weighted by Gasteiger charge is -2.22. The van der Waals surface area contributed by atoms with E-state index in [2.05, 4.69) is 15.9 Å². The summed E-state index contributed by atoms with van der Waals surface area (Å²) in [6, 6.07) is 7.57. The standard InChI is InChI=1S/C13H17BrClNO/c1-9(2)12(14)13(17)16(3)8-10-5-4-6-11(15)7-10/h4-7,9,12H,8H2,1-3H3. The molecule has 0 aliphatic carbocycles. The molecule has 4 heteroatoms. The molecule has 0 spiro atoms. The van der Waals surface area contributed by atoms with Gasteiger partial charge in [0.2, 0.25) is 5.91 Å². The normalized spacial score (nSPS) is 12.6. The molecule has 1 aromatic carbocycles. The highest BCUT2D eigenvalue weighted by molar-refractivity contribution is 9.10. The fourth-order valence-corrected chi connectivity index (χ4v) is 2.05. The summed E-state index contributed by atoms with van der Waals surface area (Å²) in [5, 5.41) is 0.697. The van der Waals surface area contributed by atoms with Crippen molar-refractivity contribution in [2.75, 3.05) is 7.05 Å². The summed E-state index contributed by atoms with van der Waals surface area (Å²) >= 11 is 9.33. The second-order valence-electron chi connectivity index (χ2n) is 4.47. The second kappa shape index (κ2) is 6.41. The fourth-order valence-electron chi connectivity index (χ4n) is 1.48. The number of hydrogen-bond acceptors (Lipinski definition) is 1. The number of rotatable bonds is 4. The summed E-state index contributed by atoms with van der Waals surface area (Å²) in [7, 11) is 1.81. The van der Waals surface area contributed by atoms with Gasteiger partial charge in [0.25, 0.3) is 0 Å². The van der Waals surface area contributed by atoms with Gasteiger partial charge < -0.3 is 4.90 Å². The Morgan fingerprint density at radius 1 is 1.47 bits per heavy atom. The van der Waals surface area contributed by atoms with Gasteiger partial charge in [0.1, 0.15) is 0 Å². The van der Waals surface area contributed by atoms with Crippen LogP contribution in [0.1, 0.15) is 19.4 Å². The minimum absolute atomic E-state index is 0.0972. The molecule has 1 amide bonds. The monoisotopic (exact) mass is 317 g/mol. The van der Waals surface area contributed by atoms with E-state index in [0.29, 0.717) is 11.6 Å². The molecule has 0 aromatic heterocycles. The van der Waals surface area contributed by atoms with Crippen LogP contribution in [0.2, 0.25) is 5.02 Å². The van der Waals surface area contributed by atoms with Crippen LogP contribution in [0, 0.1) is 5.92 Å². The van der Waals surface area contributed by atoms with E-state index >= 15 is 0 Å². The van der Waals surface area contributed by atoms with Crippen molar-refractivity contribution in [1.82, 2.24) is 4.90 Å². The minimum Gasteiger partial charge on any atom is -0.340 e. The van der Waals surface area contributed by atoms with Gasteiger partial charge >= 0.3 is 0 Å². The summed E-state index contributed by atoms with van der Waals surface area (Å²) in [5.74, 6) is 0.379. The van der Waals surface area contributed by atoms with E-state index in [1.165, 1.54) is 0 Å². The Morgan fingerprint density at radius 3 is 2.65 bits per heavy atom. The first-order valence-electron chi connectivity index (χ1n) is 5.55. The van der Waals surface area contributed by atoms with Gasteiger partial charge in [0.05, 0.1) is 4.83 Å². The number of carbonyl (C=O) groups is 1. The zero-order chi connectivity index (χ0) is 13.0. The quantitative estimate of drug-likeness (QED) is 0.775. The number of hydrogen-bond donors (Lipinski definition) is 0. The molecule has 0 aliphatic heterocycles. The number of benzene rings is 1. The van der Waals surface area contributed by atoms with Crippen molar-refractivity contribution < 1.29 is 4.79 Å². The Kier molecular flexibility index (Phi) is 5.47. The van der Waals surface area contributed by atoms with Crippen LogP contribution in [-0.2, 0) is 11.3 Å². The van der Waals surface area contributed by atoms with Crippen LogP contribution in [-0.4, -0.2) is 22.7 Å². The van der Waals surface area contributed by atoms with E-state index < -0.39 is 0 Å². The largest absolute Gasteiger partial charge is 0.340 e. The van der Waals surface area contributed by atoms with Crippen LogP contribution in [0.3, 0.4) is 0 Å². The second-order valence-corrected chi connectivity index (χ2v) is 5.89. The van der Waals surface area contributed by atoms with Gasteiger partial charge in [-0.05, 0) is 23.6 Å². The van der Waals surface area contributed by atoms with Crippen molar-refractivity contribution in [3.63, 3.8) is 0 Å². The highest BCUT2D eigenvalue weighted by atomic mass is 79.9. The third kappa shape index (κ3) is 4.32. The van der Waals surface area contributed by atoms with Gasteiger partial charge in [-0.2, -0.15) is 0 Å². The molecule has 0 saturated carbocycles. The third-order valence-electron chi connectivity index (χ3n) is 2.51. The van der Waals surface area contributed by atoms with Crippen molar-refractivity contribution in [3.8, 4) is 0 Å². The Morgan fingerprint density at radius 2 is 2.12 bits per heavy atom. The first-order valence-corrected chi connectivity index (χ1v) is 6.84. The lowest BCUT2D eigenvalue weighted by Crippen LogP contribution is -2.35. The Hall–Kier alpha value is -0.540. The van der Waals surface area contributed by atoms with Gasteiger partial charge in [0.15, 0.2) is 0 Å². The topological polar surface area (TPSA) is 20.3 Å². The molecule has 0 heterocycles. The average Bonchev–Trinajstić information content (AvgIpc) is 2.26. The molecule has 1 unspecified atom stereocenters. The van der Waals surface area contributed by atoms with E-state index in [9.17, 15) is 4.79 Å². The van der Waals surface area contributed by atoms with Crippen LogP contribution in [0.4, 0.5) is 0 Å². The third-order valence-corrected chi connectivity index (χ3v) is 4.19. The van der Waals surface area contributed by atoms with E-state index in [-0.39, 0.29) is 16.7 Å². The van der Waals surface area contributed by atoms with E-state index in [1.807, 2.05) is 38.1 Å². The van der Waals surface area contributed by atoms with E-state index in [0.717, 1.165) is 5.56 Å². The molecule has 2 nitrogen and oxygen atoms in total.